The summed E-state index contributed by atoms with van der Waals surface area (Å²) in [6.45, 7) is 1.54. The second-order valence-electron chi connectivity index (χ2n) is 11.2. The minimum Gasteiger partial charge on any atom is -0.506 e. The number of aromatic hydroxyl groups is 2. The fraction of sp³-hybridized carbons (Fsp3) is 0.0303. The normalized spacial score (nSPS) is 12.7. The Labute approximate surface area is 295 Å². The number of para-hydroxylation sites is 1. The van der Waals surface area contributed by atoms with Crippen LogP contribution in [0.1, 0.15) is 5.56 Å². The predicted octanol–water partition coefficient (Wildman–Crippen LogP) is 8.03. The van der Waals surface area contributed by atoms with Crippen molar-refractivity contribution in [1.82, 2.24) is 0 Å². The van der Waals surface area contributed by atoms with Gasteiger partial charge in [0.25, 0.3) is 30.4 Å². The molecule has 6 aromatic rings. The molecule has 6 rings (SSSR count). The molecule has 6 N–H and O–H groups in total. The second kappa shape index (κ2) is 13.4. The highest BCUT2D eigenvalue weighted by Crippen LogP contribution is 2.43. The first-order valence-corrected chi connectivity index (χ1v) is 19.0. The molecule has 0 aliphatic heterocycles. The monoisotopic (exact) mass is 763 g/mol. The molecule has 0 radical (unpaired) electrons. The molecule has 0 atom stereocenters. The first-order valence-electron chi connectivity index (χ1n) is 14.7. The Kier molecular flexibility index (Phi) is 9.25. The number of nitrogens with one attached hydrogen (secondary N) is 1. The maximum Gasteiger partial charge on any atom is 0.295 e. The van der Waals surface area contributed by atoms with Gasteiger partial charge in [-0.1, -0.05) is 30.3 Å². The fourth-order valence-corrected chi connectivity index (χ4v) is 7.43. The maximum absolute atomic E-state index is 12.4. The predicted molar refractivity (Wildman–Crippen MR) is 190 cm³/mol. The van der Waals surface area contributed by atoms with Crippen molar-refractivity contribution in [1.29, 1.82) is 0 Å². The quantitative estimate of drug-likeness (QED) is 0.0604. The molecule has 0 aliphatic rings. The molecule has 19 heteroatoms. The van der Waals surface area contributed by atoms with Crippen LogP contribution >= 0.6 is 0 Å². The molecule has 0 spiro atoms. The van der Waals surface area contributed by atoms with Gasteiger partial charge in [-0.2, -0.15) is 35.5 Å². The van der Waals surface area contributed by atoms with Crippen molar-refractivity contribution in [2.45, 2.75) is 21.6 Å². The van der Waals surface area contributed by atoms with Gasteiger partial charge in [0.2, 0.25) is 0 Å². The van der Waals surface area contributed by atoms with Gasteiger partial charge in [0.05, 0.1) is 11.4 Å². The van der Waals surface area contributed by atoms with Crippen LogP contribution in [0.15, 0.2) is 132 Å². The number of fused-ring (bicyclic) bond motifs is 2. The molecule has 0 heterocycles. The lowest BCUT2D eigenvalue weighted by Gasteiger charge is -2.12. The van der Waals surface area contributed by atoms with Gasteiger partial charge in [-0.15, -0.1) is 10.2 Å². The molecule has 0 fully saturated rings. The highest BCUT2D eigenvalue weighted by Gasteiger charge is 2.22. The van der Waals surface area contributed by atoms with E-state index in [2.05, 4.69) is 25.8 Å². The molecule has 0 saturated carbocycles. The fourth-order valence-electron chi connectivity index (χ4n) is 5.30. The van der Waals surface area contributed by atoms with E-state index < -0.39 is 56.5 Å². The molecule has 0 saturated heterocycles. The molecule has 0 bridgehead atoms. The van der Waals surface area contributed by atoms with Crippen molar-refractivity contribution in [3.05, 3.63) is 103 Å². The number of aryl methyl sites for hydroxylation is 1. The number of phenolic OH excluding ortho intramolecular Hbond substituents is 2. The van der Waals surface area contributed by atoms with Gasteiger partial charge in [0.15, 0.2) is 5.75 Å². The summed E-state index contributed by atoms with van der Waals surface area (Å²) in [5, 5.41) is 40.2. The number of azo groups is 2. The molecular weight excluding hydrogens is 739 g/mol. The summed E-state index contributed by atoms with van der Waals surface area (Å²) in [7, 11) is -14.5. The van der Waals surface area contributed by atoms with Gasteiger partial charge < -0.3 is 15.5 Å². The minimum atomic E-state index is -4.90. The number of phenols is 2. The lowest BCUT2D eigenvalue weighted by atomic mass is 10.1. The standard InChI is InChI=1S/C33H25N5O11S3/c1-18-12-27(29(39)16-26(18)36-35-21-14-24-22(31(15-21)51(44,45)46)8-5-9-30(24)50(41,42)43)37-38-28-17-32(52(47,48)49)25-13-20(10-11-23(25)33(28)40)34-19-6-3-2-4-7-19/h2-17,34,39-40H,1H3,(H,41,42,43)(H,44,45,46)(H,47,48,49). The average Bonchev–Trinajstić information content (AvgIpc) is 3.07. The van der Waals surface area contributed by atoms with Gasteiger partial charge in [0.1, 0.15) is 31.8 Å². The summed E-state index contributed by atoms with van der Waals surface area (Å²) >= 11 is 0. The largest absolute Gasteiger partial charge is 0.506 e. The van der Waals surface area contributed by atoms with Crippen LogP contribution in [0.25, 0.3) is 21.5 Å². The minimum absolute atomic E-state index is 0.00220. The van der Waals surface area contributed by atoms with Crippen molar-refractivity contribution >= 4 is 86.0 Å². The number of rotatable bonds is 9. The lowest BCUT2D eigenvalue weighted by Crippen LogP contribution is -2.03. The van der Waals surface area contributed by atoms with Gasteiger partial charge in [0, 0.05) is 39.0 Å². The molecule has 0 aliphatic carbocycles. The first-order chi connectivity index (χ1) is 24.4. The Balaban J connectivity index is 1.35. The molecule has 266 valence electrons. The van der Waals surface area contributed by atoms with Crippen LogP contribution < -0.4 is 5.32 Å². The van der Waals surface area contributed by atoms with E-state index in [1.54, 1.807) is 30.3 Å². The summed E-state index contributed by atoms with van der Waals surface area (Å²) in [6.07, 6.45) is 0. The van der Waals surface area contributed by atoms with Crippen molar-refractivity contribution in [2.24, 2.45) is 20.5 Å². The molecule has 52 heavy (non-hydrogen) atoms. The molecule has 0 aromatic heterocycles. The maximum atomic E-state index is 12.4. The Hall–Kier alpha value is -5.83. The summed E-state index contributed by atoms with van der Waals surface area (Å²) in [6, 6.07) is 22.3. The Morgan fingerprint density at radius 2 is 1.12 bits per heavy atom. The van der Waals surface area contributed by atoms with E-state index in [1.165, 1.54) is 37.3 Å². The second-order valence-corrected chi connectivity index (χ2v) is 15.4. The van der Waals surface area contributed by atoms with E-state index in [-0.39, 0.29) is 44.3 Å². The number of anilines is 2. The highest BCUT2D eigenvalue weighted by molar-refractivity contribution is 7.86. The Morgan fingerprint density at radius 3 is 1.79 bits per heavy atom. The smallest absolute Gasteiger partial charge is 0.295 e. The summed E-state index contributed by atoms with van der Waals surface area (Å²) in [4.78, 5) is -1.89. The molecule has 0 amide bonds. The third-order valence-corrected chi connectivity index (χ3v) is 10.4. The van der Waals surface area contributed by atoms with Crippen molar-refractivity contribution in [2.75, 3.05) is 5.32 Å². The van der Waals surface area contributed by atoms with Crippen LogP contribution in [-0.2, 0) is 30.4 Å². The topological polar surface area (TPSA) is 265 Å². The summed E-state index contributed by atoms with van der Waals surface area (Å²) < 4.78 is 102. The molecule has 6 aromatic carbocycles. The van der Waals surface area contributed by atoms with Crippen LogP contribution in [0.4, 0.5) is 34.1 Å². The number of hydrogen-bond acceptors (Lipinski definition) is 13. The zero-order chi connectivity index (χ0) is 37.6. The molecule has 0 unspecified atom stereocenters. The Morgan fingerprint density at radius 1 is 0.500 bits per heavy atom. The van der Waals surface area contributed by atoms with Crippen LogP contribution in [0, 0.1) is 6.92 Å². The van der Waals surface area contributed by atoms with Gasteiger partial charge in [-0.25, -0.2) is 0 Å². The van der Waals surface area contributed by atoms with E-state index in [0.29, 0.717) is 16.9 Å². The van der Waals surface area contributed by atoms with Crippen LogP contribution in [0.5, 0.6) is 11.5 Å². The summed E-state index contributed by atoms with van der Waals surface area (Å²) in [5.74, 6) is -0.961. The zero-order valence-electron chi connectivity index (χ0n) is 26.4. The van der Waals surface area contributed by atoms with E-state index in [4.69, 9.17) is 0 Å². The number of hydrogen-bond donors (Lipinski definition) is 6. The van der Waals surface area contributed by atoms with Crippen molar-refractivity contribution in [3.63, 3.8) is 0 Å². The van der Waals surface area contributed by atoms with Gasteiger partial charge >= 0.3 is 0 Å². The van der Waals surface area contributed by atoms with Crippen LogP contribution in [0.3, 0.4) is 0 Å². The number of nitrogens with zero attached hydrogens (tertiary/aromatic N) is 4. The van der Waals surface area contributed by atoms with Crippen molar-refractivity contribution in [3.8, 4) is 11.5 Å². The highest BCUT2D eigenvalue weighted by atomic mass is 32.2. The Bertz CT molecular complexity index is 2830. The lowest BCUT2D eigenvalue weighted by molar-refractivity contribution is 0.475. The first kappa shape index (κ1) is 36.0. The van der Waals surface area contributed by atoms with Crippen LogP contribution in [0.2, 0.25) is 0 Å². The van der Waals surface area contributed by atoms with Gasteiger partial charge in [-0.3, -0.25) is 13.7 Å². The summed E-state index contributed by atoms with van der Waals surface area (Å²) in [5.41, 5.74) is 0.825. The van der Waals surface area contributed by atoms with E-state index in [1.807, 2.05) is 6.07 Å². The molecule has 16 nitrogen and oxygen atoms in total. The van der Waals surface area contributed by atoms with Crippen LogP contribution in [-0.4, -0.2) is 49.1 Å². The van der Waals surface area contributed by atoms with Crippen molar-refractivity contribution < 1.29 is 49.1 Å². The zero-order valence-corrected chi connectivity index (χ0v) is 28.9. The SMILES string of the molecule is Cc1cc(N=Nc2cc(S(=O)(=O)O)c3cc(Nc4ccccc4)ccc3c2O)c(O)cc1N=Nc1cc(S(=O)(=O)O)c2cccc(S(=O)(=O)O)c2c1. The van der Waals surface area contributed by atoms with E-state index in [9.17, 15) is 49.1 Å². The third kappa shape index (κ3) is 7.44. The molecular formula is C33H25N5O11S3. The van der Waals surface area contributed by atoms with Gasteiger partial charge in [-0.05, 0) is 73.2 Å². The number of benzene rings is 6. The van der Waals surface area contributed by atoms with E-state index >= 15 is 0 Å². The average molecular weight is 764 g/mol. The third-order valence-electron chi connectivity index (χ3n) is 7.68. The van der Waals surface area contributed by atoms with E-state index in [0.717, 1.165) is 30.3 Å².